The minimum absolute atomic E-state index is 0.175. The second kappa shape index (κ2) is 8.07. The van der Waals surface area contributed by atoms with Crippen LogP contribution in [0.15, 0.2) is 28.7 Å². The highest BCUT2D eigenvalue weighted by atomic mass is 79.9. The normalized spacial score (nSPS) is 17.6. The van der Waals surface area contributed by atoms with E-state index < -0.39 is 12.0 Å². The number of nitrogens with one attached hydrogen (secondary N) is 1. The third kappa shape index (κ3) is 5.04. The number of rotatable bonds is 5. The van der Waals surface area contributed by atoms with Crippen LogP contribution >= 0.6 is 15.9 Å². The van der Waals surface area contributed by atoms with E-state index in [9.17, 15) is 14.4 Å². The summed E-state index contributed by atoms with van der Waals surface area (Å²) in [5, 5.41) is 11.4. The van der Waals surface area contributed by atoms with E-state index in [1.54, 1.807) is 24.3 Å². The van der Waals surface area contributed by atoms with Gasteiger partial charge >= 0.3 is 5.97 Å². The number of carboxylic acids is 1. The number of nitrogens with zero attached hydrogens (tertiary/aromatic N) is 1. The van der Waals surface area contributed by atoms with Crippen molar-refractivity contribution in [3.05, 3.63) is 34.3 Å². The molecular formula is C15H17BrN2O5. The predicted octanol–water partition coefficient (Wildman–Crippen LogP) is 0.881. The molecule has 1 aliphatic rings. The SMILES string of the molecule is O=C(O)CC1COCCN1C(=O)CNC(=O)c1cccc(Br)c1. The molecule has 2 N–H and O–H groups in total. The summed E-state index contributed by atoms with van der Waals surface area (Å²) in [6.07, 6.45) is -0.175. The maximum Gasteiger partial charge on any atom is 0.305 e. The zero-order chi connectivity index (χ0) is 16.8. The van der Waals surface area contributed by atoms with Crippen molar-refractivity contribution in [2.45, 2.75) is 12.5 Å². The topological polar surface area (TPSA) is 95.9 Å². The molecule has 0 bridgehead atoms. The molecule has 1 aromatic carbocycles. The van der Waals surface area contributed by atoms with Crippen LogP contribution in [0.2, 0.25) is 0 Å². The van der Waals surface area contributed by atoms with Gasteiger partial charge in [0, 0.05) is 16.6 Å². The third-order valence-corrected chi connectivity index (χ3v) is 3.94. The molecule has 7 nitrogen and oxygen atoms in total. The molecule has 1 saturated heterocycles. The van der Waals surface area contributed by atoms with Gasteiger partial charge in [0.2, 0.25) is 5.91 Å². The number of benzene rings is 1. The fourth-order valence-corrected chi connectivity index (χ4v) is 2.74. The third-order valence-electron chi connectivity index (χ3n) is 3.45. The fourth-order valence-electron chi connectivity index (χ4n) is 2.34. The lowest BCUT2D eigenvalue weighted by Gasteiger charge is -2.34. The largest absolute Gasteiger partial charge is 0.481 e. The van der Waals surface area contributed by atoms with E-state index >= 15 is 0 Å². The van der Waals surface area contributed by atoms with Gasteiger partial charge in [0.05, 0.1) is 32.2 Å². The van der Waals surface area contributed by atoms with Gasteiger partial charge in [0.1, 0.15) is 0 Å². The first-order valence-corrected chi connectivity index (χ1v) is 7.89. The van der Waals surface area contributed by atoms with Crippen LogP contribution in [0.25, 0.3) is 0 Å². The molecule has 2 rings (SSSR count). The molecule has 1 aromatic rings. The van der Waals surface area contributed by atoms with Gasteiger partial charge in [0.15, 0.2) is 0 Å². The predicted molar refractivity (Wildman–Crippen MR) is 85.0 cm³/mol. The number of carboxylic acid groups (broad SMARTS) is 1. The summed E-state index contributed by atoms with van der Waals surface area (Å²) in [6, 6.07) is 6.32. The minimum Gasteiger partial charge on any atom is -0.481 e. The number of carbonyl (C=O) groups excluding carboxylic acids is 2. The van der Waals surface area contributed by atoms with Crippen LogP contribution in [0.1, 0.15) is 16.8 Å². The number of hydrogen-bond donors (Lipinski definition) is 2. The van der Waals surface area contributed by atoms with Crippen molar-refractivity contribution in [1.82, 2.24) is 10.2 Å². The Balaban J connectivity index is 1.92. The highest BCUT2D eigenvalue weighted by molar-refractivity contribution is 9.10. The fraction of sp³-hybridized carbons (Fsp3) is 0.400. The number of halogens is 1. The van der Waals surface area contributed by atoms with E-state index in [1.807, 2.05) is 0 Å². The molecule has 23 heavy (non-hydrogen) atoms. The van der Waals surface area contributed by atoms with Crippen LogP contribution in [0, 0.1) is 0 Å². The summed E-state index contributed by atoms with van der Waals surface area (Å²) < 4.78 is 5.99. The lowest BCUT2D eigenvalue weighted by molar-refractivity contribution is -0.145. The molecule has 1 unspecified atom stereocenters. The molecule has 8 heteroatoms. The van der Waals surface area contributed by atoms with E-state index in [2.05, 4.69) is 21.2 Å². The van der Waals surface area contributed by atoms with Gasteiger partial charge in [-0.1, -0.05) is 22.0 Å². The average Bonchev–Trinajstić information content (AvgIpc) is 2.52. The number of aliphatic carboxylic acids is 1. The quantitative estimate of drug-likeness (QED) is 0.785. The van der Waals surface area contributed by atoms with Gasteiger partial charge in [-0.2, -0.15) is 0 Å². The molecule has 0 spiro atoms. The Bertz CT molecular complexity index is 607. The Labute approximate surface area is 141 Å². The molecule has 0 radical (unpaired) electrons. The van der Waals surface area contributed by atoms with Crippen molar-refractivity contribution >= 4 is 33.7 Å². The molecule has 2 amide bonds. The lowest BCUT2D eigenvalue weighted by atomic mass is 10.1. The Morgan fingerprint density at radius 2 is 2.17 bits per heavy atom. The van der Waals surface area contributed by atoms with Crippen molar-refractivity contribution in [1.29, 1.82) is 0 Å². The van der Waals surface area contributed by atoms with Gasteiger partial charge in [-0.15, -0.1) is 0 Å². The second-order valence-corrected chi connectivity index (χ2v) is 6.02. The van der Waals surface area contributed by atoms with Crippen LogP contribution in [0.4, 0.5) is 0 Å². The Kier molecular flexibility index (Phi) is 6.12. The summed E-state index contributed by atoms with van der Waals surface area (Å²) in [5.74, 6) is -1.66. The van der Waals surface area contributed by atoms with Crippen LogP contribution in [0.5, 0.6) is 0 Å². The van der Waals surface area contributed by atoms with E-state index in [0.717, 1.165) is 4.47 Å². The van der Waals surface area contributed by atoms with E-state index in [0.29, 0.717) is 18.7 Å². The van der Waals surface area contributed by atoms with E-state index in [4.69, 9.17) is 9.84 Å². The minimum atomic E-state index is -0.989. The molecule has 0 saturated carbocycles. The highest BCUT2D eigenvalue weighted by Gasteiger charge is 2.29. The summed E-state index contributed by atoms with van der Waals surface area (Å²) in [6.45, 7) is 0.698. The van der Waals surface area contributed by atoms with Crippen molar-refractivity contribution in [3.63, 3.8) is 0 Å². The number of carbonyl (C=O) groups is 3. The van der Waals surface area contributed by atoms with E-state index in [-0.39, 0.29) is 31.4 Å². The Morgan fingerprint density at radius 1 is 1.39 bits per heavy atom. The molecular weight excluding hydrogens is 368 g/mol. The summed E-state index contributed by atoms with van der Waals surface area (Å²) >= 11 is 3.28. The van der Waals surface area contributed by atoms with Crippen molar-refractivity contribution in [2.75, 3.05) is 26.3 Å². The zero-order valence-electron chi connectivity index (χ0n) is 12.3. The monoisotopic (exact) mass is 384 g/mol. The van der Waals surface area contributed by atoms with Crippen LogP contribution in [-0.4, -0.2) is 60.1 Å². The smallest absolute Gasteiger partial charge is 0.305 e. The first-order chi connectivity index (χ1) is 11.0. The number of amides is 2. The second-order valence-electron chi connectivity index (χ2n) is 5.11. The molecule has 0 aliphatic carbocycles. The van der Waals surface area contributed by atoms with Crippen molar-refractivity contribution in [3.8, 4) is 0 Å². The average molecular weight is 385 g/mol. The van der Waals surface area contributed by atoms with Gasteiger partial charge in [-0.3, -0.25) is 14.4 Å². The maximum absolute atomic E-state index is 12.2. The summed E-state index contributed by atoms with van der Waals surface area (Å²) in [7, 11) is 0. The summed E-state index contributed by atoms with van der Waals surface area (Å²) in [4.78, 5) is 36.6. The molecule has 1 atom stereocenters. The molecule has 1 fully saturated rings. The molecule has 0 aromatic heterocycles. The maximum atomic E-state index is 12.2. The number of hydrogen-bond acceptors (Lipinski definition) is 4. The molecule has 124 valence electrons. The lowest BCUT2D eigenvalue weighted by Crippen LogP contribution is -2.52. The summed E-state index contributed by atoms with van der Waals surface area (Å²) in [5.41, 5.74) is 0.441. The van der Waals surface area contributed by atoms with Crippen molar-refractivity contribution in [2.24, 2.45) is 0 Å². The van der Waals surface area contributed by atoms with E-state index in [1.165, 1.54) is 4.90 Å². The zero-order valence-corrected chi connectivity index (χ0v) is 13.9. The van der Waals surface area contributed by atoms with Gasteiger partial charge in [-0.25, -0.2) is 0 Å². The van der Waals surface area contributed by atoms with Gasteiger partial charge in [0.25, 0.3) is 5.91 Å². The first kappa shape index (κ1) is 17.4. The van der Waals surface area contributed by atoms with Crippen LogP contribution in [0.3, 0.4) is 0 Å². The molecule has 1 heterocycles. The first-order valence-electron chi connectivity index (χ1n) is 7.10. The standard InChI is InChI=1S/C15H17BrN2O5/c16-11-3-1-2-10(6-11)15(22)17-8-13(19)18-4-5-23-9-12(18)7-14(20)21/h1-3,6,12H,4-5,7-9H2,(H,17,22)(H,20,21). The van der Waals surface area contributed by atoms with Crippen LogP contribution in [-0.2, 0) is 14.3 Å². The Morgan fingerprint density at radius 3 is 2.87 bits per heavy atom. The molecule has 1 aliphatic heterocycles. The number of morpholine rings is 1. The highest BCUT2D eigenvalue weighted by Crippen LogP contribution is 2.12. The van der Waals surface area contributed by atoms with Crippen LogP contribution < -0.4 is 5.32 Å². The number of ether oxygens (including phenoxy) is 1. The van der Waals surface area contributed by atoms with Gasteiger partial charge < -0.3 is 20.1 Å². The van der Waals surface area contributed by atoms with Gasteiger partial charge in [-0.05, 0) is 18.2 Å². The van der Waals surface area contributed by atoms with Crippen molar-refractivity contribution < 1.29 is 24.2 Å². The Hall–Kier alpha value is -1.93.